The molecule has 0 aliphatic heterocycles. The molecule has 0 aromatic heterocycles. The van der Waals surface area contributed by atoms with Gasteiger partial charge in [0, 0.05) is 11.5 Å². The normalized spacial score (nSPS) is 14.2. The lowest BCUT2D eigenvalue weighted by Gasteiger charge is -2.29. The van der Waals surface area contributed by atoms with Crippen LogP contribution in [0.25, 0.3) is 0 Å². The summed E-state index contributed by atoms with van der Waals surface area (Å²) in [6.45, 7) is 7.90. The van der Waals surface area contributed by atoms with E-state index in [1.165, 1.54) is 26.0 Å². The van der Waals surface area contributed by atoms with Crippen molar-refractivity contribution in [3.8, 4) is 0 Å². The number of hydrogen-bond acceptors (Lipinski definition) is 5. The number of rotatable bonds is 8. The number of carbonyl (C=O) groups excluding carboxylic acids is 3. The average Bonchev–Trinajstić information content (AvgIpc) is 2.71. The summed E-state index contributed by atoms with van der Waals surface area (Å²) >= 11 is 0. The van der Waals surface area contributed by atoms with Crippen molar-refractivity contribution >= 4 is 17.7 Å². The zero-order valence-electron chi connectivity index (χ0n) is 19.2. The van der Waals surface area contributed by atoms with Crippen LogP contribution in [-0.4, -0.2) is 36.1 Å². The third kappa shape index (κ3) is 7.17. The Balaban J connectivity index is 2.20. The Kier molecular flexibility index (Phi) is 8.41. The zero-order valence-corrected chi connectivity index (χ0v) is 19.2. The van der Waals surface area contributed by atoms with Crippen molar-refractivity contribution in [1.29, 1.82) is 0 Å². The van der Waals surface area contributed by atoms with Gasteiger partial charge in [0.2, 0.25) is 0 Å². The first kappa shape index (κ1) is 26.1. The Morgan fingerprint density at radius 1 is 0.909 bits per heavy atom. The van der Waals surface area contributed by atoms with Crippen molar-refractivity contribution in [2.45, 2.75) is 59.4 Å². The molecule has 0 fully saturated rings. The van der Waals surface area contributed by atoms with Gasteiger partial charge < -0.3 is 9.47 Å². The number of ether oxygens (including phenoxy) is 2. The summed E-state index contributed by atoms with van der Waals surface area (Å²) in [4.78, 5) is 37.5. The van der Waals surface area contributed by atoms with Crippen molar-refractivity contribution in [3.63, 3.8) is 0 Å². The molecule has 5 nitrogen and oxygen atoms in total. The zero-order chi connectivity index (χ0) is 24.9. The van der Waals surface area contributed by atoms with Gasteiger partial charge in [0.05, 0.1) is 12.0 Å². The SMILES string of the molecule is Cc1cc(C)c(C(=O)C(=O)OC(CC(F)(F)F)C(C)C(C)OC(=O)c2ccccc2)c(C)c1. The minimum Gasteiger partial charge on any atom is -0.459 e. The van der Waals surface area contributed by atoms with Gasteiger partial charge in [0.15, 0.2) is 0 Å². The van der Waals surface area contributed by atoms with Crippen LogP contribution >= 0.6 is 0 Å². The Hall–Kier alpha value is -3.16. The van der Waals surface area contributed by atoms with Crippen molar-refractivity contribution < 1.29 is 37.0 Å². The number of Topliss-reactive ketones (excluding diaryl/α,β-unsaturated/α-hetero) is 1. The lowest BCUT2D eigenvalue weighted by molar-refractivity contribution is -0.178. The minimum absolute atomic E-state index is 0.104. The van der Waals surface area contributed by atoms with E-state index in [4.69, 9.17) is 9.47 Å². The monoisotopic (exact) mass is 464 g/mol. The van der Waals surface area contributed by atoms with E-state index < -0.39 is 48.4 Å². The smallest absolute Gasteiger partial charge is 0.392 e. The lowest BCUT2D eigenvalue weighted by atomic mass is 9.95. The number of aryl methyl sites for hydroxylation is 3. The maximum atomic E-state index is 13.2. The van der Waals surface area contributed by atoms with E-state index in [0.29, 0.717) is 11.1 Å². The molecule has 0 spiro atoms. The number of hydrogen-bond donors (Lipinski definition) is 0. The molecule has 3 atom stereocenters. The fourth-order valence-electron chi connectivity index (χ4n) is 3.61. The number of esters is 2. The molecule has 3 unspecified atom stereocenters. The van der Waals surface area contributed by atoms with Crippen LogP contribution in [0, 0.1) is 26.7 Å². The van der Waals surface area contributed by atoms with Crippen LogP contribution in [0.3, 0.4) is 0 Å². The molecule has 8 heteroatoms. The Morgan fingerprint density at radius 2 is 1.45 bits per heavy atom. The predicted octanol–water partition coefficient (Wildman–Crippen LogP) is 5.54. The topological polar surface area (TPSA) is 69.7 Å². The summed E-state index contributed by atoms with van der Waals surface area (Å²) in [5.41, 5.74) is 2.28. The van der Waals surface area contributed by atoms with Gasteiger partial charge in [-0.05, 0) is 51.0 Å². The Morgan fingerprint density at radius 3 is 1.97 bits per heavy atom. The largest absolute Gasteiger partial charge is 0.459 e. The molecular formula is C25H27F3O5. The molecule has 0 N–H and O–H groups in total. The van der Waals surface area contributed by atoms with Gasteiger partial charge >= 0.3 is 18.1 Å². The van der Waals surface area contributed by atoms with E-state index in [2.05, 4.69) is 0 Å². The summed E-state index contributed by atoms with van der Waals surface area (Å²) < 4.78 is 50.0. The molecule has 178 valence electrons. The van der Waals surface area contributed by atoms with Crippen LogP contribution < -0.4 is 0 Å². The van der Waals surface area contributed by atoms with E-state index in [9.17, 15) is 27.6 Å². The lowest BCUT2D eigenvalue weighted by Crippen LogP contribution is -2.39. The third-order valence-electron chi connectivity index (χ3n) is 5.41. The molecule has 0 saturated carbocycles. The number of ketones is 1. The number of alkyl halides is 3. The van der Waals surface area contributed by atoms with E-state index in [0.717, 1.165) is 5.56 Å². The highest BCUT2D eigenvalue weighted by atomic mass is 19.4. The Labute approximate surface area is 190 Å². The first-order chi connectivity index (χ1) is 15.3. The molecular weight excluding hydrogens is 437 g/mol. The Bertz CT molecular complexity index is 991. The van der Waals surface area contributed by atoms with Gasteiger partial charge in [-0.1, -0.05) is 42.8 Å². The third-order valence-corrected chi connectivity index (χ3v) is 5.41. The fraction of sp³-hybridized carbons (Fsp3) is 0.400. The number of halogens is 3. The second-order valence-electron chi connectivity index (χ2n) is 8.20. The van der Waals surface area contributed by atoms with Crippen LogP contribution in [0.4, 0.5) is 13.2 Å². The molecule has 33 heavy (non-hydrogen) atoms. The van der Waals surface area contributed by atoms with Gasteiger partial charge in [0.25, 0.3) is 5.78 Å². The summed E-state index contributed by atoms with van der Waals surface area (Å²) in [7, 11) is 0. The van der Waals surface area contributed by atoms with Crippen LogP contribution in [0.5, 0.6) is 0 Å². The number of carbonyl (C=O) groups is 3. The highest BCUT2D eigenvalue weighted by Gasteiger charge is 2.40. The summed E-state index contributed by atoms with van der Waals surface area (Å²) in [6.07, 6.45) is -8.88. The van der Waals surface area contributed by atoms with Crippen molar-refractivity contribution in [2.24, 2.45) is 5.92 Å². The molecule has 0 amide bonds. The maximum absolute atomic E-state index is 13.2. The second kappa shape index (κ2) is 10.6. The molecule has 2 rings (SSSR count). The van der Waals surface area contributed by atoms with Crippen LogP contribution in [0.2, 0.25) is 0 Å². The quantitative estimate of drug-likeness (QED) is 0.291. The molecule has 0 radical (unpaired) electrons. The van der Waals surface area contributed by atoms with Gasteiger partial charge in [0.1, 0.15) is 12.2 Å². The van der Waals surface area contributed by atoms with E-state index in [-0.39, 0.29) is 11.1 Å². The fourth-order valence-corrected chi connectivity index (χ4v) is 3.61. The van der Waals surface area contributed by atoms with Crippen molar-refractivity contribution in [1.82, 2.24) is 0 Å². The highest BCUT2D eigenvalue weighted by Crippen LogP contribution is 2.30. The van der Waals surface area contributed by atoms with Gasteiger partial charge in [-0.15, -0.1) is 0 Å². The molecule has 0 heterocycles. The predicted molar refractivity (Wildman–Crippen MR) is 116 cm³/mol. The minimum atomic E-state index is -4.67. The van der Waals surface area contributed by atoms with Crippen LogP contribution in [0.15, 0.2) is 42.5 Å². The van der Waals surface area contributed by atoms with Gasteiger partial charge in [-0.2, -0.15) is 13.2 Å². The van der Waals surface area contributed by atoms with Crippen molar-refractivity contribution in [3.05, 3.63) is 70.3 Å². The molecule has 2 aromatic rings. The molecule has 0 aliphatic rings. The van der Waals surface area contributed by atoms with E-state index >= 15 is 0 Å². The van der Waals surface area contributed by atoms with Crippen LogP contribution in [-0.2, 0) is 14.3 Å². The maximum Gasteiger partial charge on any atom is 0.392 e. The molecule has 0 saturated heterocycles. The van der Waals surface area contributed by atoms with E-state index in [1.54, 1.807) is 44.2 Å². The average molecular weight is 464 g/mol. The molecule has 0 aliphatic carbocycles. The summed E-state index contributed by atoms with van der Waals surface area (Å²) in [5.74, 6) is -4.14. The summed E-state index contributed by atoms with van der Waals surface area (Å²) in [6, 6.07) is 11.4. The number of benzene rings is 2. The second-order valence-corrected chi connectivity index (χ2v) is 8.20. The van der Waals surface area contributed by atoms with Gasteiger partial charge in [-0.25, -0.2) is 9.59 Å². The van der Waals surface area contributed by atoms with Crippen LogP contribution in [0.1, 0.15) is 57.7 Å². The first-order valence-corrected chi connectivity index (χ1v) is 10.5. The highest BCUT2D eigenvalue weighted by molar-refractivity contribution is 6.41. The van der Waals surface area contributed by atoms with Crippen molar-refractivity contribution in [2.75, 3.05) is 0 Å². The van der Waals surface area contributed by atoms with E-state index in [1.807, 2.05) is 6.92 Å². The first-order valence-electron chi connectivity index (χ1n) is 10.5. The molecule has 0 bridgehead atoms. The molecule has 2 aromatic carbocycles. The summed E-state index contributed by atoms with van der Waals surface area (Å²) in [5, 5.41) is 0. The van der Waals surface area contributed by atoms with Gasteiger partial charge in [-0.3, -0.25) is 4.79 Å². The standard InChI is InChI=1S/C25H27F3O5/c1-14-11-15(2)21(16(3)12-14)22(29)24(31)33-20(13-25(26,27)28)17(4)18(5)32-23(30)19-9-7-6-8-10-19/h6-12,17-18,20H,13H2,1-5H3.